The van der Waals surface area contributed by atoms with E-state index in [2.05, 4.69) is 10.6 Å². The van der Waals surface area contributed by atoms with Crippen molar-refractivity contribution in [2.24, 2.45) is 5.92 Å². The predicted octanol–water partition coefficient (Wildman–Crippen LogP) is 2.62. The SMILES string of the molecule is CCC(C)C(NC(=O)Nc1cccc(C)c1)C(=O)O. The zero-order valence-corrected chi connectivity index (χ0v) is 11.4. The third-order valence-corrected chi connectivity index (χ3v) is 3.04. The van der Waals surface area contributed by atoms with Crippen LogP contribution in [0.4, 0.5) is 10.5 Å². The summed E-state index contributed by atoms with van der Waals surface area (Å²) in [7, 11) is 0. The molecule has 0 fully saturated rings. The van der Waals surface area contributed by atoms with Crippen LogP contribution in [0.5, 0.6) is 0 Å². The average Bonchev–Trinajstić information content (AvgIpc) is 2.34. The van der Waals surface area contributed by atoms with Crippen molar-refractivity contribution in [3.63, 3.8) is 0 Å². The molecule has 1 aromatic carbocycles. The van der Waals surface area contributed by atoms with Crippen LogP contribution in [0.2, 0.25) is 0 Å². The molecule has 1 rings (SSSR count). The van der Waals surface area contributed by atoms with Gasteiger partial charge in [0.1, 0.15) is 6.04 Å². The van der Waals surface area contributed by atoms with Crippen LogP contribution in [0.15, 0.2) is 24.3 Å². The standard InChI is InChI=1S/C14H20N2O3/c1-4-10(3)12(13(17)18)16-14(19)15-11-7-5-6-9(2)8-11/h5-8,10,12H,4H2,1-3H3,(H,17,18)(H2,15,16,19). The number of carbonyl (C=O) groups is 2. The molecule has 19 heavy (non-hydrogen) atoms. The van der Waals surface area contributed by atoms with E-state index in [4.69, 9.17) is 5.11 Å². The number of hydrogen-bond acceptors (Lipinski definition) is 2. The minimum Gasteiger partial charge on any atom is -0.480 e. The molecule has 0 spiro atoms. The molecule has 104 valence electrons. The van der Waals surface area contributed by atoms with E-state index in [1.807, 2.05) is 32.0 Å². The van der Waals surface area contributed by atoms with E-state index in [0.717, 1.165) is 5.56 Å². The lowest BCUT2D eigenvalue weighted by Gasteiger charge is -2.20. The Hall–Kier alpha value is -2.04. The van der Waals surface area contributed by atoms with Crippen molar-refractivity contribution in [2.45, 2.75) is 33.2 Å². The molecule has 0 aliphatic rings. The van der Waals surface area contributed by atoms with Crippen LogP contribution in [-0.4, -0.2) is 23.1 Å². The van der Waals surface area contributed by atoms with Gasteiger partial charge in [-0.1, -0.05) is 32.4 Å². The summed E-state index contributed by atoms with van der Waals surface area (Å²) in [6.45, 7) is 5.61. The number of benzene rings is 1. The second kappa shape index (κ2) is 6.78. The Bertz CT molecular complexity index is 460. The van der Waals surface area contributed by atoms with Crippen molar-refractivity contribution in [1.29, 1.82) is 0 Å². The molecular weight excluding hydrogens is 244 g/mol. The van der Waals surface area contributed by atoms with Crippen molar-refractivity contribution in [3.05, 3.63) is 29.8 Å². The topological polar surface area (TPSA) is 78.4 Å². The van der Waals surface area contributed by atoms with Crippen LogP contribution in [0.25, 0.3) is 0 Å². The van der Waals surface area contributed by atoms with Crippen LogP contribution < -0.4 is 10.6 Å². The number of amides is 2. The van der Waals surface area contributed by atoms with E-state index in [9.17, 15) is 9.59 Å². The maximum Gasteiger partial charge on any atom is 0.326 e. The van der Waals surface area contributed by atoms with Gasteiger partial charge in [0, 0.05) is 5.69 Å². The summed E-state index contributed by atoms with van der Waals surface area (Å²) < 4.78 is 0. The average molecular weight is 264 g/mol. The molecule has 0 saturated heterocycles. The molecule has 0 saturated carbocycles. The van der Waals surface area contributed by atoms with Gasteiger partial charge in [-0.3, -0.25) is 0 Å². The lowest BCUT2D eigenvalue weighted by atomic mass is 9.99. The summed E-state index contributed by atoms with van der Waals surface area (Å²) >= 11 is 0. The first-order chi connectivity index (χ1) is 8.93. The molecule has 0 aliphatic heterocycles. The number of anilines is 1. The molecule has 0 aliphatic carbocycles. The Balaban J connectivity index is 2.65. The Morgan fingerprint density at radius 1 is 1.37 bits per heavy atom. The summed E-state index contributed by atoms with van der Waals surface area (Å²) in [6.07, 6.45) is 0.682. The van der Waals surface area contributed by atoms with E-state index in [0.29, 0.717) is 12.1 Å². The normalized spacial score (nSPS) is 13.4. The third kappa shape index (κ3) is 4.62. The molecule has 5 heteroatoms. The van der Waals surface area contributed by atoms with Gasteiger partial charge in [-0.05, 0) is 30.5 Å². The summed E-state index contributed by atoms with van der Waals surface area (Å²) in [6, 6.07) is 5.94. The Labute approximate surface area is 113 Å². The largest absolute Gasteiger partial charge is 0.480 e. The first-order valence-electron chi connectivity index (χ1n) is 6.31. The number of carboxylic acids is 1. The van der Waals surface area contributed by atoms with Crippen LogP contribution in [-0.2, 0) is 4.79 Å². The maximum atomic E-state index is 11.8. The van der Waals surface area contributed by atoms with E-state index < -0.39 is 18.0 Å². The van der Waals surface area contributed by atoms with Crippen LogP contribution in [0.3, 0.4) is 0 Å². The number of hydrogen-bond donors (Lipinski definition) is 3. The van der Waals surface area contributed by atoms with Gasteiger partial charge in [-0.25, -0.2) is 9.59 Å². The molecule has 2 amide bonds. The Kier molecular flexibility index (Phi) is 5.36. The molecule has 5 nitrogen and oxygen atoms in total. The number of aryl methyl sites for hydroxylation is 1. The zero-order chi connectivity index (χ0) is 14.4. The highest BCUT2D eigenvalue weighted by Crippen LogP contribution is 2.11. The highest BCUT2D eigenvalue weighted by molar-refractivity contribution is 5.92. The van der Waals surface area contributed by atoms with Crippen molar-refractivity contribution in [3.8, 4) is 0 Å². The molecule has 0 radical (unpaired) electrons. The number of nitrogens with one attached hydrogen (secondary N) is 2. The molecule has 2 unspecified atom stereocenters. The van der Waals surface area contributed by atoms with Gasteiger partial charge in [-0.15, -0.1) is 0 Å². The van der Waals surface area contributed by atoms with Crippen LogP contribution >= 0.6 is 0 Å². The highest BCUT2D eigenvalue weighted by Gasteiger charge is 2.25. The molecule has 0 bridgehead atoms. The second-order valence-corrected chi connectivity index (χ2v) is 4.67. The fourth-order valence-electron chi connectivity index (χ4n) is 1.71. The fourth-order valence-corrected chi connectivity index (χ4v) is 1.71. The smallest absolute Gasteiger partial charge is 0.326 e. The van der Waals surface area contributed by atoms with E-state index in [-0.39, 0.29) is 5.92 Å². The van der Waals surface area contributed by atoms with Gasteiger partial charge >= 0.3 is 12.0 Å². The minimum atomic E-state index is -1.02. The third-order valence-electron chi connectivity index (χ3n) is 3.04. The summed E-state index contributed by atoms with van der Waals surface area (Å²) in [4.78, 5) is 22.9. The molecule has 2 atom stereocenters. The minimum absolute atomic E-state index is 0.124. The van der Waals surface area contributed by atoms with Crippen molar-refractivity contribution < 1.29 is 14.7 Å². The molecule has 0 aromatic heterocycles. The summed E-state index contributed by atoms with van der Waals surface area (Å²) in [5, 5.41) is 14.2. The highest BCUT2D eigenvalue weighted by atomic mass is 16.4. The van der Waals surface area contributed by atoms with Crippen molar-refractivity contribution in [2.75, 3.05) is 5.32 Å². The van der Waals surface area contributed by atoms with Crippen molar-refractivity contribution >= 4 is 17.7 Å². The quantitative estimate of drug-likeness (QED) is 0.765. The molecule has 0 heterocycles. The maximum absolute atomic E-state index is 11.8. The van der Waals surface area contributed by atoms with E-state index in [1.165, 1.54) is 0 Å². The van der Waals surface area contributed by atoms with E-state index >= 15 is 0 Å². The molecule has 1 aromatic rings. The van der Waals surface area contributed by atoms with Gasteiger partial charge < -0.3 is 15.7 Å². The lowest BCUT2D eigenvalue weighted by molar-refractivity contribution is -0.140. The number of aliphatic carboxylic acids is 1. The van der Waals surface area contributed by atoms with Gasteiger partial charge in [0.25, 0.3) is 0 Å². The zero-order valence-electron chi connectivity index (χ0n) is 11.4. The first kappa shape index (κ1) is 15.0. The van der Waals surface area contributed by atoms with Crippen molar-refractivity contribution in [1.82, 2.24) is 5.32 Å². The van der Waals surface area contributed by atoms with Gasteiger partial charge in [0.05, 0.1) is 0 Å². The van der Waals surface area contributed by atoms with Crippen LogP contribution in [0.1, 0.15) is 25.8 Å². The summed E-state index contributed by atoms with van der Waals surface area (Å²) in [5.74, 6) is -1.14. The predicted molar refractivity (Wildman–Crippen MR) is 74.2 cm³/mol. The summed E-state index contributed by atoms with van der Waals surface area (Å²) in [5.41, 5.74) is 1.67. The Morgan fingerprint density at radius 2 is 2.05 bits per heavy atom. The molecular formula is C14H20N2O3. The lowest BCUT2D eigenvalue weighted by Crippen LogP contribution is -2.46. The number of carbonyl (C=O) groups excluding carboxylic acids is 1. The number of carboxylic acid groups (broad SMARTS) is 1. The van der Waals surface area contributed by atoms with Gasteiger partial charge in [0.2, 0.25) is 0 Å². The molecule has 3 N–H and O–H groups in total. The van der Waals surface area contributed by atoms with E-state index in [1.54, 1.807) is 13.0 Å². The second-order valence-electron chi connectivity index (χ2n) is 4.67. The Morgan fingerprint density at radius 3 is 2.58 bits per heavy atom. The van der Waals surface area contributed by atoms with Gasteiger partial charge in [0.15, 0.2) is 0 Å². The number of rotatable bonds is 5. The van der Waals surface area contributed by atoms with Gasteiger partial charge in [-0.2, -0.15) is 0 Å². The first-order valence-corrected chi connectivity index (χ1v) is 6.31. The van der Waals surface area contributed by atoms with Crippen LogP contribution in [0, 0.1) is 12.8 Å². The monoisotopic (exact) mass is 264 g/mol. The fraction of sp³-hybridized carbons (Fsp3) is 0.429. The number of urea groups is 1.